The standard InChI is InChI=1S/C30H26BrCl2FN2O4/c1-29(2,3)40-28(39)36-24-12-19(33)8-10-22(24)30(27(36)38)23(16-5-4-6-18(32)11-16)14-25(37)35-26(30)21-13-20(34)9-7-17(21)15-31/h4-13,23,26H,14-15H2,1-3H3,(H,35,37). The maximum atomic E-state index is 14.9. The zero-order valence-electron chi connectivity index (χ0n) is 21.9. The lowest BCUT2D eigenvalue weighted by Gasteiger charge is -2.47. The summed E-state index contributed by atoms with van der Waals surface area (Å²) in [5, 5.41) is 4.05. The van der Waals surface area contributed by atoms with Crippen molar-refractivity contribution in [3.8, 4) is 0 Å². The van der Waals surface area contributed by atoms with E-state index in [0.717, 1.165) is 4.90 Å². The van der Waals surface area contributed by atoms with Crippen molar-refractivity contribution in [1.29, 1.82) is 0 Å². The van der Waals surface area contributed by atoms with Crippen LogP contribution in [-0.2, 0) is 25.1 Å². The third-order valence-electron chi connectivity index (χ3n) is 7.29. The molecule has 1 spiro atoms. The number of hydrogen-bond acceptors (Lipinski definition) is 4. The number of imide groups is 1. The number of hydrogen-bond donors (Lipinski definition) is 1. The van der Waals surface area contributed by atoms with Gasteiger partial charge in [-0.25, -0.2) is 14.1 Å². The fraction of sp³-hybridized carbons (Fsp3) is 0.300. The number of alkyl halides is 1. The molecule has 0 bridgehead atoms. The minimum Gasteiger partial charge on any atom is -0.443 e. The molecule has 2 aliphatic heterocycles. The van der Waals surface area contributed by atoms with Crippen LogP contribution >= 0.6 is 39.1 Å². The van der Waals surface area contributed by atoms with Gasteiger partial charge in [-0.1, -0.05) is 63.4 Å². The molecule has 3 unspecified atom stereocenters. The van der Waals surface area contributed by atoms with Crippen molar-refractivity contribution >= 4 is 62.7 Å². The Morgan fingerprint density at radius 3 is 2.50 bits per heavy atom. The van der Waals surface area contributed by atoms with Crippen LogP contribution in [0, 0.1) is 5.82 Å². The fourth-order valence-electron chi connectivity index (χ4n) is 5.82. The zero-order valence-corrected chi connectivity index (χ0v) is 25.0. The van der Waals surface area contributed by atoms with E-state index < -0.39 is 40.8 Å². The average Bonchev–Trinajstić information content (AvgIpc) is 3.12. The van der Waals surface area contributed by atoms with Crippen LogP contribution in [0.1, 0.15) is 61.4 Å². The van der Waals surface area contributed by atoms with Gasteiger partial charge < -0.3 is 10.1 Å². The second kappa shape index (κ2) is 10.5. The quantitative estimate of drug-likeness (QED) is 0.297. The Labute approximate surface area is 249 Å². The minimum absolute atomic E-state index is 0.0776. The Hall–Kier alpha value is -2.94. The molecule has 0 radical (unpaired) electrons. The Morgan fingerprint density at radius 1 is 1.10 bits per heavy atom. The summed E-state index contributed by atoms with van der Waals surface area (Å²) < 4.78 is 20.4. The number of rotatable bonds is 3. The van der Waals surface area contributed by atoms with Gasteiger partial charge in [-0.3, -0.25) is 9.59 Å². The molecule has 3 atom stereocenters. The van der Waals surface area contributed by atoms with E-state index in [1.54, 1.807) is 63.2 Å². The second-order valence-corrected chi connectivity index (χ2v) is 12.4. The zero-order chi connectivity index (χ0) is 29.0. The molecule has 3 amide bonds. The molecule has 208 valence electrons. The van der Waals surface area contributed by atoms with Crippen LogP contribution < -0.4 is 10.2 Å². The third-order valence-corrected chi connectivity index (χ3v) is 8.37. The molecule has 1 N–H and O–H groups in total. The van der Waals surface area contributed by atoms with Gasteiger partial charge in [0.05, 0.1) is 11.7 Å². The van der Waals surface area contributed by atoms with E-state index in [0.29, 0.717) is 37.6 Å². The first-order valence-electron chi connectivity index (χ1n) is 12.6. The molecule has 3 aromatic rings. The van der Waals surface area contributed by atoms with Crippen LogP contribution in [0.25, 0.3) is 0 Å². The van der Waals surface area contributed by atoms with Crippen LogP contribution in [0.15, 0.2) is 60.7 Å². The number of halogens is 4. The van der Waals surface area contributed by atoms with Crippen molar-refractivity contribution in [2.24, 2.45) is 0 Å². The van der Waals surface area contributed by atoms with E-state index in [9.17, 15) is 18.8 Å². The predicted molar refractivity (Wildman–Crippen MR) is 156 cm³/mol. The van der Waals surface area contributed by atoms with Crippen LogP contribution in [-0.4, -0.2) is 23.5 Å². The van der Waals surface area contributed by atoms with E-state index in [-0.39, 0.29) is 18.0 Å². The molecule has 2 aliphatic rings. The van der Waals surface area contributed by atoms with E-state index >= 15 is 0 Å². The number of benzene rings is 3. The normalized spacial score (nSPS) is 22.3. The maximum Gasteiger partial charge on any atom is 0.421 e. The number of ether oxygens (including phenoxy) is 1. The van der Waals surface area contributed by atoms with Gasteiger partial charge in [0.2, 0.25) is 11.8 Å². The average molecular weight is 648 g/mol. The lowest BCUT2D eigenvalue weighted by Crippen LogP contribution is -2.59. The molecule has 6 nitrogen and oxygen atoms in total. The summed E-state index contributed by atoms with van der Waals surface area (Å²) in [7, 11) is 0. The second-order valence-electron chi connectivity index (χ2n) is 10.9. The molecule has 3 aromatic carbocycles. The van der Waals surface area contributed by atoms with Crippen molar-refractivity contribution in [1.82, 2.24) is 5.32 Å². The van der Waals surface area contributed by atoms with Gasteiger partial charge in [-0.05, 0) is 79.4 Å². The predicted octanol–water partition coefficient (Wildman–Crippen LogP) is 7.59. The molecule has 40 heavy (non-hydrogen) atoms. The summed E-state index contributed by atoms with van der Waals surface area (Å²) >= 11 is 16.2. The Balaban J connectivity index is 1.86. The van der Waals surface area contributed by atoms with E-state index in [1.165, 1.54) is 18.2 Å². The lowest BCUT2D eigenvalue weighted by atomic mass is 9.59. The van der Waals surface area contributed by atoms with Gasteiger partial charge in [0.15, 0.2) is 0 Å². The van der Waals surface area contributed by atoms with Crippen molar-refractivity contribution in [2.45, 2.75) is 55.5 Å². The van der Waals surface area contributed by atoms with Gasteiger partial charge in [0, 0.05) is 27.7 Å². The van der Waals surface area contributed by atoms with Gasteiger partial charge in [0.25, 0.3) is 0 Å². The molecule has 10 heteroatoms. The first-order chi connectivity index (χ1) is 18.9. The van der Waals surface area contributed by atoms with Crippen molar-refractivity contribution in [2.75, 3.05) is 4.90 Å². The van der Waals surface area contributed by atoms with Crippen LogP contribution in [0.4, 0.5) is 14.9 Å². The first kappa shape index (κ1) is 28.6. The third kappa shape index (κ3) is 4.80. The molecule has 1 saturated heterocycles. The molecule has 0 aliphatic carbocycles. The first-order valence-corrected chi connectivity index (χ1v) is 14.5. The summed E-state index contributed by atoms with van der Waals surface area (Å²) in [5.74, 6) is -2.24. The van der Waals surface area contributed by atoms with E-state index in [2.05, 4.69) is 21.2 Å². The molecule has 5 rings (SSSR count). The monoisotopic (exact) mass is 646 g/mol. The smallest absolute Gasteiger partial charge is 0.421 e. The van der Waals surface area contributed by atoms with Crippen LogP contribution in [0.2, 0.25) is 10.0 Å². The highest BCUT2D eigenvalue weighted by Gasteiger charge is 2.65. The minimum atomic E-state index is -1.57. The Kier molecular flexibility index (Phi) is 7.48. The van der Waals surface area contributed by atoms with Crippen LogP contribution in [0.3, 0.4) is 0 Å². The molecule has 0 aromatic heterocycles. The number of carbonyl (C=O) groups excluding carboxylic acids is 3. The number of amides is 3. The Morgan fingerprint density at radius 2 is 1.82 bits per heavy atom. The van der Waals surface area contributed by atoms with Gasteiger partial charge in [-0.2, -0.15) is 0 Å². The highest BCUT2D eigenvalue weighted by atomic mass is 79.9. The summed E-state index contributed by atoms with van der Waals surface area (Å²) in [6.45, 7) is 5.11. The summed E-state index contributed by atoms with van der Waals surface area (Å²) in [5.41, 5.74) is -0.0349. The topological polar surface area (TPSA) is 75.7 Å². The fourth-order valence-corrected chi connectivity index (χ4v) is 6.69. The molecule has 0 saturated carbocycles. The maximum absolute atomic E-state index is 14.9. The number of piperidine rings is 1. The lowest BCUT2D eigenvalue weighted by molar-refractivity contribution is -0.132. The highest BCUT2D eigenvalue weighted by Crippen LogP contribution is 2.60. The Bertz CT molecular complexity index is 1540. The van der Waals surface area contributed by atoms with Crippen molar-refractivity contribution < 1.29 is 23.5 Å². The SMILES string of the molecule is CC(C)(C)OC(=O)N1C(=O)C2(c3ccc(Cl)cc31)C(c1cccc(Cl)c1)CC(=O)NC2c1cc(F)ccc1CBr. The highest BCUT2D eigenvalue weighted by molar-refractivity contribution is 9.08. The largest absolute Gasteiger partial charge is 0.443 e. The molecular weight excluding hydrogens is 622 g/mol. The number of nitrogens with zero attached hydrogens (tertiary/aromatic N) is 1. The summed E-state index contributed by atoms with van der Waals surface area (Å²) in [6.07, 6.45) is -0.954. The van der Waals surface area contributed by atoms with Gasteiger partial charge >= 0.3 is 6.09 Å². The molecule has 2 heterocycles. The number of anilines is 1. The van der Waals surface area contributed by atoms with Crippen LogP contribution in [0.5, 0.6) is 0 Å². The van der Waals surface area contributed by atoms with Gasteiger partial charge in [0.1, 0.15) is 16.8 Å². The van der Waals surface area contributed by atoms with Crippen molar-refractivity contribution in [3.05, 3.63) is 98.8 Å². The molecular formula is C30H26BrCl2FN2O4. The number of carbonyl (C=O) groups is 3. The number of fused-ring (bicyclic) bond motifs is 2. The van der Waals surface area contributed by atoms with Crippen molar-refractivity contribution in [3.63, 3.8) is 0 Å². The summed E-state index contributed by atoms with van der Waals surface area (Å²) in [4.78, 5) is 42.8. The number of nitrogens with one attached hydrogen (secondary N) is 1. The summed E-state index contributed by atoms with van der Waals surface area (Å²) in [6, 6.07) is 15.0. The molecule has 1 fully saturated rings. The van der Waals surface area contributed by atoms with E-state index in [4.69, 9.17) is 27.9 Å². The van der Waals surface area contributed by atoms with Gasteiger partial charge in [-0.15, -0.1) is 0 Å². The van der Waals surface area contributed by atoms with E-state index in [1.807, 2.05) is 0 Å².